The normalized spacial score (nSPS) is 12.1. The fraction of sp³-hybridized carbons (Fsp3) is 0.188. The molecule has 0 aliphatic carbocycles. The van der Waals surface area contributed by atoms with Crippen LogP contribution in [0.2, 0.25) is 5.02 Å². The van der Waals surface area contributed by atoms with Crippen molar-refractivity contribution in [2.24, 2.45) is 5.73 Å². The standard InChI is InChI=1S/C16H16ClFN2O/c1-10(13-4-2-3-5-14(13)17)20-9-12-8-11(16(19)21)6-7-15(12)18/h2-8,10,20H,9H2,1H3,(H2,19,21)/t10-/m1/s1. The van der Waals surface area contributed by atoms with Crippen molar-refractivity contribution in [3.63, 3.8) is 0 Å². The van der Waals surface area contributed by atoms with Crippen molar-refractivity contribution in [3.05, 3.63) is 70.0 Å². The minimum Gasteiger partial charge on any atom is -0.366 e. The molecule has 2 rings (SSSR count). The molecule has 110 valence electrons. The van der Waals surface area contributed by atoms with Crippen molar-refractivity contribution >= 4 is 17.5 Å². The van der Waals surface area contributed by atoms with E-state index in [1.165, 1.54) is 18.2 Å². The van der Waals surface area contributed by atoms with Gasteiger partial charge in [-0.3, -0.25) is 4.79 Å². The third-order valence-electron chi connectivity index (χ3n) is 3.30. The summed E-state index contributed by atoms with van der Waals surface area (Å²) in [4.78, 5) is 11.1. The van der Waals surface area contributed by atoms with Crippen LogP contribution >= 0.6 is 11.6 Å². The van der Waals surface area contributed by atoms with Crippen LogP contribution in [-0.2, 0) is 6.54 Å². The van der Waals surface area contributed by atoms with Gasteiger partial charge in [-0.2, -0.15) is 0 Å². The zero-order valence-corrected chi connectivity index (χ0v) is 12.3. The van der Waals surface area contributed by atoms with Crippen molar-refractivity contribution in [2.75, 3.05) is 0 Å². The molecule has 3 nitrogen and oxygen atoms in total. The van der Waals surface area contributed by atoms with E-state index in [0.717, 1.165) is 5.56 Å². The van der Waals surface area contributed by atoms with Crippen LogP contribution in [0.3, 0.4) is 0 Å². The minimum absolute atomic E-state index is 0.0460. The Balaban J connectivity index is 2.11. The lowest BCUT2D eigenvalue weighted by atomic mass is 10.1. The minimum atomic E-state index is -0.574. The van der Waals surface area contributed by atoms with E-state index in [-0.39, 0.29) is 18.4 Å². The number of amides is 1. The van der Waals surface area contributed by atoms with Gasteiger partial charge in [-0.25, -0.2) is 4.39 Å². The topological polar surface area (TPSA) is 55.1 Å². The van der Waals surface area contributed by atoms with Crippen molar-refractivity contribution in [3.8, 4) is 0 Å². The molecule has 2 aromatic rings. The van der Waals surface area contributed by atoms with Gasteiger partial charge in [-0.05, 0) is 36.8 Å². The van der Waals surface area contributed by atoms with Crippen molar-refractivity contribution in [1.29, 1.82) is 0 Å². The van der Waals surface area contributed by atoms with Crippen molar-refractivity contribution in [2.45, 2.75) is 19.5 Å². The second-order valence-corrected chi connectivity index (χ2v) is 5.20. The Hall–Kier alpha value is -1.91. The molecule has 5 heteroatoms. The van der Waals surface area contributed by atoms with Gasteiger partial charge < -0.3 is 11.1 Å². The Bertz CT molecular complexity index is 660. The molecule has 2 aromatic carbocycles. The van der Waals surface area contributed by atoms with Crippen LogP contribution in [0.25, 0.3) is 0 Å². The molecule has 0 spiro atoms. The Morgan fingerprint density at radius 2 is 2.05 bits per heavy atom. The predicted octanol–water partition coefficient (Wildman–Crippen LogP) is 3.43. The smallest absolute Gasteiger partial charge is 0.248 e. The first kappa shape index (κ1) is 15.5. The second-order valence-electron chi connectivity index (χ2n) is 4.79. The SMILES string of the molecule is C[C@@H](NCc1cc(C(N)=O)ccc1F)c1ccccc1Cl. The molecule has 0 unspecified atom stereocenters. The number of nitrogens with two attached hydrogens (primary N) is 1. The van der Waals surface area contributed by atoms with E-state index < -0.39 is 5.91 Å². The molecule has 0 saturated heterocycles. The van der Waals surface area contributed by atoms with E-state index in [2.05, 4.69) is 5.32 Å². The number of rotatable bonds is 5. The summed E-state index contributed by atoms with van der Waals surface area (Å²) in [6.45, 7) is 2.22. The molecule has 0 saturated carbocycles. The van der Waals surface area contributed by atoms with E-state index in [1.807, 2.05) is 31.2 Å². The summed E-state index contributed by atoms with van der Waals surface area (Å²) in [5.74, 6) is -0.950. The lowest BCUT2D eigenvalue weighted by Gasteiger charge is -2.16. The number of carbonyl (C=O) groups is 1. The second kappa shape index (κ2) is 6.70. The largest absolute Gasteiger partial charge is 0.366 e. The number of nitrogens with one attached hydrogen (secondary N) is 1. The number of hydrogen-bond acceptors (Lipinski definition) is 2. The van der Waals surface area contributed by atoms with E-state index in [9.17, 15) is 9.18 Å². The zero-order chi connectivity index (χ0) is 15.4. The molecule has 0 aliphatic rings. The van der Waals surface area contributed by atoms with Crippen LogP contribution in [0.1, 0.15) is 34.5 Å². The van der Waals surface area contributed by atoms with E-state index in [4.69, 9.17) is 17.3 Å². The quantitative estimate of drug-likeness (QED) is 0.889. The van der Waals surface area contributed by atoms with Gasteiger partial charge >= 0.3 is 0 Å². The van der Waals surface area contributed by atoms with Crippen LogP contribution in [0, 0.1) is 5.82 Å². The fourth-order valence-corrected chi connectivity index (χ4v) is 2.36. The van der Waals surface area contributed by atoms with Gasteiger partial charge in [-0.15, -0.1) is 0 Å². The van der Waals surface area contributed by atoms with Crippen LogP contribution in [0.4, 0.5) is 4.39 Å². The summed E-state index contributed by atoms with van der Waals surface area (Å²) in [6, 6.07) is 11.5. The summed E-state index contributed by atoms with van der Waals surface area (Å²) in [5.41, 5.74) is 6.82. The summed E-state index contributed by atoms with van der Waals surface area (Å²) in [7, 11) is 0. The maximum absolute atomic E-state index is 13.7. The van der Waals surface area contributed by atoms with Crippen LogP contribution in [-0.4, -0.2) is 5.91 Å². The van der Waals surface area contributed by atoms with Gasteiger partial charge in [0.05, 0.1) is 0 Å². The molecule has 21 heavy (non-hydrogen) atoms. The highest BCUT2D eigenvalue weighted by Crippen LogP contribution is 2.22. The highest BCUT2D eigenvalue weighted by atomic mass is 35.5. The van der Waals surface area contributed by atoms with Crippen LogP contribution in [0.5, 0.6) is 0 Å². The summed E-state index contributed by atoms with van der Waals surface area (Å²) < 4.78 is 13.7. The first-order valence-electron chi connectivity index (χ1n) is 6.55. The highest BCUT2D eigenvalue weighted by Gasteiger charge is 2.11. The monoisotopic (exact) mass is 306 g/mol. The average molecular weight is 307 g/mol. The van der Waals surface area contributed by atoms with Gasteiger partial charge in [0, 0.05) is 28.7 Å². The number of halogens is 2. The lowest BCUT2D eigenvalue weighted by Crippen LogP contribution is -2.20. The summed E-state index contributed by atoms with van der Waals surface area (Å²) in [5, 5.41) is 3.84. The van der Waals surface area contributed by atoms with Gasteiger partial charge in [0.2, 0.25) is 5.91 Å². The fourth-order valence-electron chi connectivity index (χ4n) is 2.06. The molecule has 0 heterocycles. The van der Waals surface area contributed by atoms with Crippen molar-refractivity contribution in [1.82, 2.24) is 5.32 Å². The highest BCUT2D eigenvalue weighted by molar-refractivity contribution is 6.31. The molecule has 1 amide bonds. The molecule has 0 aliphatic heterocycles. The third kappa shape index (κ3) is 3.80. The average Bonchev–Trinajstić information content (AvgIpc) is 2.46. The molecule has 0 aromatic heterocycles. The van der Waals surface area contributed by atoms with Crippen LogP contribution in [0.15, 0.2) is 42.5 Å². The third-order valence-corrected chi connectivity index (χ3v) is 3.64. The summed E-state index contributed by atoms with van der Waals surface area (Å²) in [6.07, 6.45) is 0. The Labute approximate surface area is 127 Å². The maximum atomic E-state index is 13.7. The molecular formula is C16H16ClFN2O. The lowest BCUT2D eigenvalue weighted by molar-refractivity contribution is 0.1000. The summed E-state index contributed by atoms with van der Waals surface area (Å²) >= 11 is 6.12. The molecule has 0 radical (unpaired) electrons. The van der Waals surface area contributed by atoms with E-state index in [0.29, 0.717) is 16.1 Å². The molecular weight excluding hydrogens is 291 g/mol. The molecule has 0 fully saturated rings. The number of primary amides is 1. The number of hydrogen-bond donors (Lipinski definition) is 2. The first-order chi connectivity index (χ1) is 9.99. The van der Waals surface area contributed by atoms with E-state index in [1.54, 1.807) is 0 Å². The van der Waals surface area contributed by atoms with E-state index >= 15 is 0 Å². The van der Waals surface area contributed by atoms with Gasteiger partial charge in [0.25, 0.3) is 0 Å². The number of benzene rings is 2. The number of carbonyl (C=O) groups excluding carboxylic acids is 1. The molecule has 0 bridgehead atoms. The Morgan fingerprint density at radius 3 is 2.71 bits per heavy atom. The van der Waals surface area contributed by atoms with Gasteiger partial charge in [-0.1, -0.05) is 29.8 Å². The molecule has 3 N–H and O–H groups in total. The Morgan fingerprint density at radius 1 is 1.33 bits per heavy atom. The molecule has 1 atom stereocenters. The maximum Gasteiger partial charge on any atom is 0.248 e. The predicted molar refractivity (Wildman–Crippen MR) is 81.6 cm³/mol. The van der Waals surface area contributed by atoms with Gasteiger partial charge in [0.1, 0.15) is 5.82 Å². The first-order valence-corrected chi connectivity index (χ1v) is 6.93. The zero-order valence-electron chi connectivity index (χ0n) is 11.6. The van der Waals surface area contributed by atoms with Crippen LogP contribution < -0.4 is 11.1 Å². The Kier molecular flexibility index (Phi) is 4.94. The van der Waals surface area contributed by atoms with Gasteiger partial charge in [0.15, 0.2) is 0 Å². The van der Waals surface area contributed by atoms with Crippen molar-refractivity contribution < 1.29 is 9.18 Å².